The van der Waals surface area contributed by atoms with E-state index in [4.69, 9.17) is 4.74 Å². The van der Waals surface area contributed by atoms with E-state index in [1.807, 2.05) is 29.8 Å². The van der Waals surface area contributed by atoms with Gasteiger partial charge in [-0.25, -0.2) is 4.98 Å². The second-order valence-corrected chi connectivity index (χ2v) is 7.97. The van der Waals surface area contributed by atoms with Gasteiger partial charge in [-0.2, -0.15) is 0 Å². The van der Waals surface area contributed by atoms with E-state index in [-0.39, 0.29) is 11.9 Å². The van der Waals surface area contributed by atoms with Crippen LogP contribution in [0.15, 0.2) is 24.5 Å². The van der Waals surface area contributed by atoms with Crippen molar-refractivity contribution >= 4 is 16.9 Å². The molecule has 1 amide bonds. The van der Waals surface area contributed by atoms with Gasteiger partial charge in [0.1, 0.15) is 0 Å². The molecule has 5 nitrogen and oxygen atoms in total. The molecule has 132 valence electrons. The highest BCUT2D eigenvalue weighted by atomic mass is 16.5. The first-order chi connectivity index (χ1) is 12.2. The molecule has 3 aliphatic rings. The van der Waals surface area contributed by atoms with Crippen molar-refractivity contribution in [3.8, 4) is 0 Å². The quantitative estimate of drug-likeness (QED) is 0.935. The van der Waals surface area contributed by atoms with Crippen LogP contribution in [-0.4, -0.2) is 34.2 Å². The van der Waals surface area contributed by atoms with Gasteiger partial charge in [-0.3, -0.25) is 4.79 Å². The highest BCUT2D eigenvalue weighted by Crippen LogP contribution is 2.51. The Hall–Kier alpha value is -1.88. The number of hydrogen-bond acceptors (Lipinski definition) is 3. The number of nitrogens with one attached hydrogen (secondary N) is 1. The van der Waals surface area contributed by atoms with Gasteiger partial charge >= 0.3 is 0 Å². The molecule has 0 bridgehead atoms. The molecule has 0 spiro atoms. The molecular weight excluding hydrogens is 314 g/mol. The molecule has 1 aliphatic heterocycles. The van der Waals surface area contributed by atoms with Crippen LogP contribution in [0.4, 0.5) is 0 Å². The molecule has 2 aromatic rings. The summed E-state index contributed by atoms with van der Waals surface area (Å²) in [6.07, 6.45) is 8.50. The Morgan fingerprint density at radius 2 is 2.12 bits per heavy atom. The van der Waals surface area contributed by atoms with Gasteiger partial charge < -0.3 is 14.6 Å². The topological polar surface area (TPSA) is 56.2 Å². The number of hydrogen-bond donors (Lipinski definition) is 1. The van der Waals surface area contributed by atoms with E-state index < -0.39 is 0 Å². The van der Waals surface area contributed by atoms with Gasteiger partial charge in [0.25, 0.3) is 5.91 Å². The number of amides is 1. The lowest BCUT2D eigenvalue weighted by molar-refractivity contribution is -0.0784. The normalized spacial score (nSPS) is 31.9. The van der Waals surface area contributed by atoms with Crippen LogP contribution >= 0.6 is 0 Å². The van der Waals surface area contributed by atoms with Crippen molar-refractivity contribution in [2.24, 2.45) is 24.8 Å². The molecule has 5 heteroatoms. The lowest BCUT2D eigenvalue weighted by atomic mass is 9.61. The summed E-state index contributed by atoms with van der Waals surface area (Å²) in [5.74, 6) is 1.78. The maximum absolute atomic E-state index is 12.9. The van der Waals surface area contributed by atoms with Crippen molar-refractivity contribution in [1.29, 1.82) is 0 Å². The fraction of sp³-hybridized carbons (Fsp3) is 0.600. The van der Waals surface area contributed by atoms with Crippen LogP contribution in [0.3, 0.4) is 0 Å². The molecule has 1 saturated heterocycles. The Bertz CT molecular complexity index is 804. The molecule has 1 aromatic carbocycles. The molecule has 25 heavy (non-hydrogen) atoms. The Balaban J connectivity index is 1.36. The summed E-state index contributed by atoms with van der Waals surface area (Å²) in [6.45, 7) is 0.852. The molecule has 4 atom stereocenters. The van der Waals surface area contributed by atoms with E-state index in [0.717, 1.165) is 30.0 Å². The van der Waals surface area contributed by atoms with Crippen molar-refractivity contribution in [1.82, 2.24) is 14.9 Å². The van der Waals surface area contributed by atoms with Crippen molar-refractivity contribution in [3.05, 3.63) is 30.1 Å². The van der Waals surface area contributed by atoms with Gasteiger partial charge in [0.05, 0.1) is 23.5 Å². The average molecular weight is 339 g/mol. The Morgan fingerprint density at radius 3 is 2.96 bits per heavy atom. The molecule has 2 aliphatic carbocycles. The zero-order valence-corrected chi connectivity index (χ0v) is 14.6. The van der Waals surface area contributed by atoms with Gasteiger partial charge in [-0.1, -0.05) is 25.7 Å². The predicted molar refractivity (Wildman–Crippen MR) is 95.3 cm³/mol. The number of fused-ring (bicyclic) bond motifs is 2. The first kappa shape index (κ1) is 15.4. The van der Waals surface area contributed by atoms with Crippen LogP contribution in [0.1, 0.15) is 42.5 Å². The summed E-state index contributed by atoms with van der Waals surface area (Å²) < 4.78 is 7.96. The molecule has 0 radical (unpaired) electrons. The number of aryl methyl sites for hydroxylation is 1. The molecule has 2 heterocycles. The maximum Gasteiger partial charge on any atom is 0.251 e. The van der Waals surface area contributed by atoms with Crippen LogP contribution in [0.5, 0.6) is 0 Å². The monoisotopic (exact) mass is 339 g/mol. The molecule has 1 N–H and O–H groups in total. The predicted octanol–water partition coefficient (Wildman–Crippen LogP) is 2.90. The fourth-order valence-electron chi connectivity index (χ4n) is 5.37. The van der Waals surface area contributed by atoms with E-state index >= 15 is 0 Å². The standard InChI is InChI=1S/C20H25N3O2/c1-23-11-21-15-10-13(6-7-16(15)23)20(24)22-18-14-8-9-25-19(14)17(18)12-4-2-3-5-12/h6-7,10-12,14,17-19H,2-5,8-9H2,1H3,(H,22,24)/t14-,17+,18+,19-/m0/s1. The third-order valence-electron chi connectivity index (χ3n) is 6.67. The largest absolute Gasteiger partial charge is 0.377 e. The number of nitrogens with zero attached hydrogens (tertiary/aromatic N) is 2. The first-order valence-corrected chi connectivity index (χ1v) is 9.56. The number of imidazole rings is 1. The van der Waals surface area contributed by atoms with Gasteiger partial charge in [0.15, 0.2) is 0 Å². The number of carbonyl (C=O) groups is 1. The summed E-state index contributed by atoms with van der Waals surface area (Å²) in [7, 11) is 1.97. The van der Waals surface area contributed by atoms with Crippen LogP contribution in [0.25, 0.3) is 11.0 Å². The Labute approximate surface area is 147 Å². The fourth-order valence-corrected chi connectivity index (χ4v) is 5.37. The van der Waals surface area contributed by atoms with Crippen molar-refractivity contribution < 1.29 is 9.53 Å². The van der Waals surface area contributed by atoms with E-state index in [1.165, 1.54) is 25.7 Å². The molecule has 1 aromatic heterocycles. The summed E-state index contributed by atoms with van der Waals surface area (Å²) in [4.78, 5) is 17.2. The molecule has 2 saturated carbocycles. The van der Waals surface area contributed by atoms with Gasteiger partial charge in [-0.05, 0) is 30.5 Å². The van der Waals surface area contributed by atoms with Gasteiger partial charge in [-0.15, -0.1) is 0 Å². The van der Waals surface area contributed by atoms with E-state index in [9.17, 15) is 4.79 Å². The highest BCUT2D eigenvalue weighted by Gasteiger charge is 2.57. The number of benzene rings is 1. The first-order valence-electron chi connectivity index (χ1n) is 9.56. The summed E-state index contributed by atoms with van der Waals surface area (Å²) >= 11 is 0. The van der Waals surface area contributed by atoms with E-state index in [0.29, 0.717) is 23.5 Å². The zero-order valence-electron chi connectivity index (χ0n) is 14.6. The highest BCUT2D eigenvalue weighted by molar-refractivity contribution is 5.97. The minimum Gasteiger partial charge on any atom is -0.377 e. The molecule has 0 unspecified atom stereocenters. The second kappa shape index (κ2) is 5.84. The van der Waals surface area contributed by atoms with Crippen molar-refractivity contribution in [3.63, 3.8) is 0 Å². The van der Waals surface area contributed by atoms with E-state index in [2.05, 4.69) is 10.3 Å². The van der Waals surface area contributed by atoms with Crippen LogP contribution in [0, 0.1) is 17.8 Å². The summed E-state index contributed by atoms with van der Waals surface area (Å²) in [5.41, 5.74) is 2.63. The van der Waals surface area contributed by atoms with Crippen molar-refractivity contribution in [2.45, 2.75) is 44.2 Å². The summed E-state index contributed by atoms with van der Waals surface area (Å²) in [5, 5.41) is 3.35. The van der Waals surface area contributed by atoms with Crippen LogP contribution in [-0.2, 0) is 11.8 Å². The third kappa shape index (κ3) is 2.40. The molecule has 5 rings (SSSR count). The van der Waals surface area contributed by atoms with Gasteiger partial charge in [0, 0.05) is 37.1 Å². The van der Waals surface area contributed by atoms with Gasteiger partial charge in [0.2, 0.25) is 0 Å². The smallest absolute Gasteiger partial charge is 0.251 e. The minimum absolute atomic E-state index is 0.0332. The zero-order chi connectivity index (χ0) is 17.0. The number of ether oxygens (including phenoxy) is 1. The Kier molecular flexibility index (Phi) is 3.59. The maximum atomic E-state index is 12.9. The number of aromatic nitrogens is 2. The van der Waals surface area contributed by atoms with E-state index in [1.54, 1.807) is 6.33 Å². The Morgan fingerprint density at radius 1 is 1.28 bits per heavy atom. The minimum atomic E-state index is 0.0332. The van der Waals surface area contributed by atoms with Crippen molar-refractivity contribution in [2.75, 3.05) is 6.61 Å². The molecular formula is C20H25N3O2. The third-order valence-corrected chi connectivity index (χ3v) is 6.67. The van der Waals surface area contributed by atoms with Crippen LogP contribution < -0.4 is 5.32 Å². The second-order valence-electron chi connectivity index (χ2n) is 7.97. The summed E-state index contributed by atoms with van der Waals surface area (Å²) in [6, 6.07) is 6.07. The molecule has 3 fully saturated rings. The number of rotatable bonds is 3. The lowest BCUT2D eigenvalue weighted by Gasteiger charge is -2.50. The SMILES string of the molecule is Cn1cnc2cc(C(=O)N[C@@H]3[C@@H]4CCO[C@@H]4[C@@H]3C3CCCC3)ccc21. The van der Waals surface area contributed by atoms with Crippen LogP contribution in [0.2, 0.25) is 0 Å². The number of carbonyl (C=O) groups excluding carboxylic acids is 1. The lowest BCUT2D eigenvalue weighted by Crippen LogP contribution is -2.63. The average Bonchev–Trinajstić information content (AvgIpc) is 3.34.